The summed E-state index contributed by atoms with van der Waals surface area (Å²) in [6.45, 7) is 5.32. The molecule has 2 rings (SSSR count). The third kappa shape index (κ3) is 5.46. The van der Waals surface area contributed by atoms with E-state index < -0.39 is 28.9 Å². The molecule has 0 radical (unpaired) electrons. The van der Waals surface area contributed by atoms with Gasteiger partial charge in [0, 0.05) is 25.2 Å². The van der Waals surface area contributed by atoms with Crippen LogP contribution in [0.2, 0.25) is 0 Å². The fourth-order valence-electron chi connectivity index (χ4n) is 3.16. The van der Waals surface area contributed by atoms with E-state index in [1.165, 1.54) is 28.6 Å². The maximum Gasteiger partial charge on any atom is 0.255 e. The van der Waals surface area contributed by atoms with Crippen LogP contribution < -0.4 is 0 Å². The Morgan fingerprint density at radius 2 is 1.93 bits per heavy atom. The molecular weight excluding hydrogens is 378 g/mol. The normalized spacial score (nSPS) is 21.4. The number of rotatable bonds is 7. The van der Waals surface area contributed by atoms with Crippen molar-refractivity contribution in [1.82, 2.24) is 9.21 Å². The fourth-order valence-corrected chi connectivity index (χ4v) is 4.80. The Morgan fingerprint density at radius 1 is 1.30 bits per heavy atom. The van der Waals surface area contributed by atoms with E-state index in [1.807, 2.05) is 0 Å². The molecule has 0 saturated carbocycles. The standard InChI is InChI=1S/C18H26F2N2O4S/c1-4-8-21(12-17(19)20)18(23)15-6-5-7-16(9-15)27(24,25)22-10-13(2)26-14(3)11-22/h5-7,9,13-14,17H,4,8,10-12H2,1-3H3. The smallest absolute Gasteiger partial charge is 0.255 e. The summed E-state index contributed by atoms with van der Waals surface area (Å²) in [7, 11) is -3.81. The molecule has 0 N–H and O–H groups in total. The molecule has 0 aromatic heterocycles. The van der Waals surface area contributed by atoms with Crippen LogP contribution in [0.4, 0.5) is 8.78 Å². The summed E-state index contributed by atoms with van der Waals surface area (Å²) >= 11 is 0. The van der Waals surface area contributed by atoms with Crippen LogP contribution in [-0.4, -0.2) is 68.3 Å². The van der Waals surface area contributed by atoms with Gasteiger partial charge in [-0.2, -0.15) is 4.31 Å². The van der Waals surface area contributed by atoms with E-state index in [1.54, 1.807) is 20.8 Å². The first kappa shape index (κ1) is 21.7. The van der Waals surface area contributed by atoms with Crippen molar-refractivity contribution in [2.45, 2.75) is 50.7 Å². The Hall–Kier alpha value is -1.58. The quantitative estimate of drug-likeness (QED) is 0.701. The van der Waals surface area contributed by atoms with Gasteiger partial charge in [-0.1, -0.05) is 13.0 Å². The predicted molar refractivity (Wildman–Crippen MR) is 97.4 cm³/mol. The molecule has 9 heteroatoms. The molecule has 1 aliphatic rings. The van der Waals surface area contributed by atoms with Gasteiger partial charge in [-0.05, 0) is 38.5 Å². The maximum absolute atomic E-state index is 13.0. The fraction of sp³-hybridized carbons (Fsp3) is 0.611. The second-order valence-corrected chi connectivity index (χ2v) is 8.69. The van der Waals surface area contributed by atoms with Gasteiger partial charge in [0.05, 0.1) is 23.6 Å². The number of amides is 1. The topological polar surface area (TPSA) is 66.9 Å². The number of hydrogen-bond acceptors (Lipinski definition) is 4. The number of nitrogens with zero attached hydrogens (tertiary/aromatic N) is 2. The number of sulfonamides is 1. The summed E-state index contributed by atoms with van der Waals surface area (Å²) in [5.74, 6) is -0.599. The molecule has 0 bridgehead atoms. The summed E-state index contributed by atoms with van der Waals surface area (Å²) in [4.78, 5) is 13.6. The minimum atomic E-state index is -3.81. The lowest BCUT2D eigenvalue weighted by Gasteiger charge is -2.34. The van der Waals surface area contributed by atoms with Crippen LogP contribution in [-0.2, 0) is 14.8 Å². The van der Waals surface area contributed by atoms with Gasteiger partial charge in [-0.3, -0.25) is 4.79 Å². The van der Waals surface area contributed by atoms with Crippen molar-refractivity contribution in [3.8, 4) is 0 Å². The molecule has 1 heterocycles. The van der Waals surface area contributed by atoms with E-state index in [-0.39, 0.29) is 42.3 Å². The number of ether oxygens (including phenoxy) is 1. The van der Waals surface area contributed by atoms with E-state index in [4.69, 9.17) is 4.74 Å². The number of alkyl halides is 2. The van der Waals surface area contributed by atoms with E-state index in [0.717, 1.165) is 4.90 Å². The predicted octanol–water partition coefficient (Wildman–Crippen LogP) is 2.60. The maximum atomic E-state index is 13.0. The second kappa shape index (κ2) is 9.07. The van der Waals surface area contributed by atoms with Crippen molar-refractivity contribution in [2.24, 2.45) is 0 Å². The van der Waals surface area contributed by atoms with Crippen LogP contribution in [0.1, 0.15) is 37.6 Å². The minimum Gasteiger partial charge on any atom is -0.373 e. The van der Waals surface area contributed by atoms with Gasteiger partial charge in [-0.15, -0.1) is 0 Å². The molecule has 6 nitrogen and oxygen atoms in total. The number of hydrogen-bond donors (Lipinski definition) is 0. The Balaban J connectivity index is 2.29. The Morgan fingerprint density at radius 3 is 2.48 bits per heavy atom. The van der Waals surface area contributed by atoms with E-state index in [0.29, 0.717) is 6.42 Å². The average molecular weight is 404 g/mol. The van der Waals surface area contributed by atoms with E-state index in [9.17, 15) is 22.0 Å². The molecule has 27 heavy (non-hydrogen) atoms. The summed E-state index contributed by atoms with van der Waals surface area (Å²) in [5, 5.41) is 0. The lowest BCUT2D eigenvalue weighted by molar-refractivity contribution is -0.0440. The first-order chi connectivity index (χ1) is 12.6. The Kier molecular flexibility index (Phi) is 7.30. The second-order valence-electron chi connectivity index (χ2n) is 6.75. The molecule has 0 spiro atoms. The number of carbonyl (C=O) groups is 1. The van der Waals surface area contributed by atoms with Gasteiger partial charge < -0.3 is 9.64 Å². The molecule has 2 unspecified atom stereocenters. The lowest BCUT2D eigenvalue weighted by Crippen LogP contribution is -2.48. The first-order valence-electron chi connectivity index (χ1n) is 8.98. The molecule has 1 saturated heterocycles. The number of benzene rings is 1. The molecule has 1 aromatic rings. The van der Waals surface area contributed by atoms with Crippen molar-refractivity contribution in [1.29, 1.82) is 0 Å². The van der Waals surface area contributed by atoms with E-state index in [2.05, 4.69) is 0 Å². The molecule has 1 aromatic carbocycles. The molecule has 0 aliphatic carbocycles. The number of morpholine rings is 1. The van der Waals surface area contributed by atoms with Gasteiger partial charge in [0.25, 0.3) is 12.3 Å². The summed E-state index contributed by atoms with van der Waals surface area (Å²) in [6.07, 6.45) is -2.59. The largest absolute Gasteiger partial charge is 0.373 e. The monoisotopic (exact) mass is 404 g/mol. The van der Waals surface area contributed by atoms with Gasteiger partial charge in [-0.25, -0.2) is 17.2 Å². The zero-order valence-corrected chi connectivity index (χ0v) is 16.6. The van der Waals surface area contributed by atoms with Crippen molar-refractivity contribution in [2.75, 3.05) is 26.2 Å². The molecular formula is C18H26F2N2O4S. The highest BCUT2D eigenvalue weighted by atomic mass is 32.2. The van der Waals surface area contributed by atoms with E-state index >= 15 is 0 Å². The SMILES string of the molecule is CCCN(CC(F)F)C(=O)c1cccc(S(=O)(=O)N2CC(C)OC(C)C2)c1. The number of carbonyl (C=O) groups excluding carboxylic acids is 1. The number of halogens is 2. The molecule has 1 amide bonds. The first-order valence-corrected chi connectivity index (χ1v) is 10.4. The van der Waals surface area contributed by atoms with Gasteiger partial charge in [0.2, 0.25) is 10.0 Å². The van der Waals surface area contributed by atoms with Crippen LogP contribution in [0.15, 0.2) is 29.2 Å². The Bertz CT molecular complexity index is 747. The van der Waals surface area contributed by atoms with Crippen LogP contribution in [0.25, 0.3) is 0 Å². The van der Waals surface area contributed by atoms with Crippen LogP contribution in [0.5, 0.6) is 0 Å². The summed E-state index contributed by atoms with van der Waals surface area (Å²) < 4.78 is 58.3. The van der Waals surface area contributed by atoms with Crippen LogP contribution >= 0.6 is 0 Å². The van der Waals surface area contributed by atoms with Crippen molar-refractivity contribution < 1.29 is 26.7 Å². The van der Waals surface area contributed by atoms with Crippen molar-refractivity contribution in [3.63, 3.8) is 0 Å². The molecule has 2 atom stereocenters. The third-order valence-electron chi connectivity index (χ3n) is 4.24. The summed E-state index contributed by atoms with van der Waals surface area (Å²) in [5.41, 5.74) is 0.0829. The Labute approximate surface area is 159 Å². The average Bonchev–Trinajstić information content (AvgIpc) is 2.59. The van der Waals surface area contributed by atoms with Gasteiger partial charge in [0.1, 0.15) is 0 Å². The highest BCUT2D eigenvalue weighted by Gasteiger charge is 2.32. The van der Waals surface area contributed by atoms with Crippen molar-refractivity contribution in [3.05, 3.63) is 29.8 Å². The zero-order valence-electron chi connectivity index (χ0n) is 15.8. The molecule has 1 fully saturated rings. The highest BCUT2D eigenvalue weighted by molar-refractivity contribution is 7.89. The van der Waals surface area contributed by atoms with Gasteiger partial charge >= 0.3 is 0 Å². The summed E-state index contributed by atoms with van der Waals surface area (Å²) in [6, 6.07) is 5.57. The molecule has 1 aliphatic heterocycles. The highest BCUT2D eigenvalue weighted by Crippen LogP contribution is 2.22. The molecule has 152 valence electrons. The minimum absolute atomic E-state index is 0.0249. The zero-order chi connectivity index (χ0) is 20.2. The lowest BCUT2D eigenvalue weighted by atomic mass is 10.2. The van der Waals surface area contributed by atoms with Gasteiger partial charge in [0.15, 0.2) is 0 Å². The van der Waals surface area contributed by atoms with Crippen LogP contribution in [0, 0.1) is 0 Å². The van der Waals surface area contributed by atoms with Crippen LogP contribution in [0.3, 0.4) is 0 Å². The van der Waals surface area contributed by atoms with Crippen molar-refractivity contribution >= 4 is 15.9 Å². The third-order valence-corrected chi connectivity index (χ3v) is 6.07.